The summed E-state index contributed by atoms with van der Waals surface area (Å²) in [5.41, 5.74) is 5.05. The molecular formula is C28H27FN4O2S. The van der Waals surface area contributed by atoms with Crippen LogP contribution in [0.4, 0.5) is 14.9 Å². The van der Waals surface area contributed by atoms with Crippen LogP contribution in [0, 0.1) is 5.82 Å². The molecule has 0 aliphatic carbocycles. The van der Waals surface area contributed by atoms with E-state index in [9.17, 15) is 9.18 Å². The van der Waals surface area contributed by atoms with E-state index < -0.39 is 0 Å². The van der Waals surface area contributed by atoms with E-state index in [1.807, 2.05) is 40.5 Å². The first-order valence-electron chi connectivity index (χ1n) is 12.0. The van der Waals surface area contributed by atoms with Gasteiger partial charge in [-0.2, -0.15) is 0 Å². The van der Waals surface area contributed by atoms with E-state index in [0.717, 1.165) is 30.8 Å². The highest BCUT2D eigenvalue weighted by atomic mass is 32.1. The molecule has 2 aromatic heterocycles. The number of nitrogens with zero attached hydrogens (tertiary/aromatic N) is 3. The molecule has 2 amide bonds. The number of carbonyl (C=O) groups is 1. The van der Waals surface area contributed by atoms with E-state index in [4.69, 9.17) is 4.74 Å². The Balaban J connectivity index is 1.48. The quantitative estimate of drug-likeness (QED) is 0.385. The number of aromatic nitrogens is 1. The van der Waals surface area contributed by atoms with Gasteiger partial charge in [0.15, 0.2) is 0 Å². The number of ether oxygens (including phenoxy) is 1. The summed E-state index contributed by atoms with van der Waals surface area (Å²) in [4.78, 5) is 19.5. The summed E-state index contributed by atoms with van der Waals surface area (Å²) < 4.78 is 21.4. The number of nitrogens with one attached hydrogen (secondary N) is 1. The fourth-order valence-corrected chi connectivity index (χ4v) is 6.69. The predicted octanol–water partition coefficient (Wildman–Crippen LogP) is 5.81. The fraction of sp³-hybridized carbons (Fsp3) is 0.250. The second-order valence-corrected chi connectivity index (χ2v) is 10.4. The molecule has 4 heterocycles. The Morgan fingerprint density at radius 2 is 1.92 bits per heavy atom. The average molecular weight is 503 g/mol. The number of hydrogen-bond donors (Lipinski definition) is 1. The largest absolute Gasteiger partial charge is 0.497 e. The van der Waals surface area contributed by atoms with Crippen molar-refractivity contribution >= 4 is 23.1 Å². The topological polar surface area (TPSA) is 49.7 Å². The number of halogens is 1. The van der Waals surface area contributed by atoms with Crippen LogP contribution in [0.25, 0.3) is 5.00 Å². The molecule has 1 atom stereocenters. The molecule has 0 fully saturated rings. The first-order valence-corrected chi connectivity index (χ1v) is 12.8. The predicted molar refractivity (Wildman–Crippen MR) is 139 cm³/mol. The van der Waals surface area contributed by atoms with Crippen molar-refractivity contribution in [1.82, 2.24) is 14.4 Å². The van der Waals surface area contributed by atoms with Gasteiger partial charge >= 0.3 is 6.03 Å². The summed E-state index contributed by atoms with van der Waals surface area (Å²) in [7, 11) is 3.75. The third-order valence-electron chi connectivity index (χ3n) is 7.02. The highest BCUT2D eigenvalue weighted by Gasteiger charge is 2.36. The Labute approximate surface area is 213 Å². The van der Waals surface area contributed by atoms with E-state index in [2.05, 4.69) is 34.1 Å². The van der Waals surface area contributed by atoms with Crippen molar-refractivity contribution in [2.75, 3.05) is 26.0 Å². The Hall–Kier alpha value is -3.62. The van der Waals surface area contributed by atoms with Gasteiger partial charge in [-0.3, -0.25) is 0 Å². The van der Waals surface area contributed by atoms with Crippen molar-refractivity contribution in [1.29, 1.82) is 0 Å². The highest BCUT2D eigenvalue weighted by molar-refractivity contribution is 7.15. The van der Waals surface area contributed by atoms with Crippen LogP contribution in [-0.4, -0.2) is 41.1 Å². The van der Waals surface area contributed by atoms with Crippen molar-refractivity contribution < 1.29 is 13.9 Å². The minimum Gasteiger partial charge on any atom is -0.497 e. The summed E-state index contributed by atoms with van der Waals surface area (Å²) in [6.07, 6.45) is 3.03. The first kappa shape index (κ1) is 22.8. The second-order valence-electron chi connectivity index (χ2n) is 9.32. The van der Waals surface area contributed by atoms with Crippen molar-refractivity contribution in [3.8, 4) is 10.8 Å². The maximum atomic E-state index is 13.9. The van der Waals surface area contributed by atoms with E-state index in [1.165, 1.54) is 33.1 Å². The van der Waals surface area contributed by atoms with E-state index in [1.54, 1.807) is 25.3 Å². The average Bonchev–Trinajstić information content (AvgIpc) is 3.46. The van der Waals surface area contributed by atoms with Crippen LogP contribution in [0.15, 0.2) is 66.9 Å². The molecule has 4 aromatic rings. The molecule has 6 nitrogen and oxygen atoms in total. The number of urea groups is 1. The second kappa shape index (κ2) is 9.11. The SMILES string of the molecule is COc1cccc(NC(=O)N2Cc3c(sc4c3CCN(C)C4)-n3cccc3[C@@H]2c2ccc(F)cc2)c1. The molecular weight excluding hydrogens is 475 g/mol. The lowest BCUT2D eigenvalue weighted by atomic mass is 10.0. The Kier molecular flexibility index (Phi) is 5.78. The zero-order chi connectivity index (χ0) is 24.8. The van der Waals surface area contributed by atoms with Gasteiger partial charge < -0.3 is 24.4 Å². The lowest BCUT2D eigenvalue weighted by Gasteiger charge is -2.32. The molecule has 184 valence electrons. The van der Waals surface area contributed by atoms with Gasteiger partial charge in [0, 0.05) is 41.5 Å². The van der Waals surface area contributed by atoms with Crippen molar-refractivity contribution in [2.45, 2.75) is 25.6 Å². The molecule has 2 aliphatic rings. The van der Waals surface area contributed by atoms with Gasteiger partial charge in [-0.25, -0.2) is 9.18 Å². The smallest absolute Gasteiger partial charge is 0.322 e. The third kappa shape index (κ3) is 3.96. The number of thiophene rings is 1. The summed E-state index contributed by atoms with van der Waals surface area (Å²) in [5.74, 6) is 0.373. The van der Waals surface area contributed by atoms with Crippen LogP contribution in [0.1, 0.15) is 33.3 Å². The number of anilines is 1. The molecule has 0 radical (unpaired) electrons. The fourth-order valence-electron chi connectivity index (χ4n) is 5.24. The molecule has 36 heavy (non-hydrogen) atoms. The first-order chi connectivity index (χ1) is 17.5. The summed E-state index contributed by atoms with van der Waals surface area (Å²) in [5, 5.41) is 4.24. The van der Waals surface area contributed by atoms with Gasteiger partial charge in [-0.15, -0.1) is 11.3 Å². The molecule has 0 spiro atoms. The molecule has 2 aliphatic heterocycles. The van der Waals surface area contributed by atoms with E-state index in [0.29, 0.717) is 18.0 Å². The van der Waals surface area contributed by atoms with Crippen LogP contribution in [-0.2, 0) is 19.5 Å². The molecule has 0 saturated carbocycles. The van der Waals surface area contributed by atoms with Crippen LogP contribution in [0.5, 0.6) is 5.75 Å². The Bertz CT molecular complexity index is 1430. The van der Waals surface area contributed by atoms with Gasteiger partial charge in [-0.05, 0) is 61.0 Å². The number of carbonyl (C=O) groups excluding carboxylic acids is 1. The minimum atomic E-state index is -0.382. The molecule has 0 unspecified atom stereocenters. The number of methoxy groups -OCH3 is 1. The zero-order valence-corrected chi connectivity index (χ0v) is 21.0. The number of hydrogen-bond acceptors (Lipinski definition) is 4. The number of amides is 2. The molecule has 8 heteroatoms. The normalized spacial score (nSPS) is 17.1. The lowest BCUT2D eigenvalue weighted by Crippen LogP contribution is -2.38. The lowest BCUT2D eigenvalue weighted by molar-refractivity contribution is 0.194. The van der Waals surface area contributed by atoms with Crippen molar-refractivity contribution in [3.63, 3.8) is 0 Å². The molecule has 1 N–H and O–H groups in total. The van der Waals surface area contributed by atoms with E-state index in [-0.39, 0.29) is 17.9 Å². The molecule has 6 rings (SSSR count). The van der Waals surface area contributed by atoms with Gasteiger partial charge in [0.25, 0.3) is 0 Å². The molecule has 2 aromatic carbocycles. The highest BCUT2D eigenvalue weighted by Crippen LogP contribution is 2.43. The Morgan fingerprint density at radius 3 is 2.72 bits per heavy atom. The van der Waals surface area contributed by atoms with Gasteiger partial charge in [0.1, 0.15) is 16.6 Å². The van der Waals surface area contributed by atoms with Crippen LogP contribution >= 0.6 is 11.3 Å². The number of rotatable bonds is 3. The number of likely N-dealkylation sites (N-methyl/N-ethyl adjacent to an activating group) is 1. The standard InChI is InChI=1S/C28H27FN4O2S/c1-31-14-12-22-23-16-33(28(34)30-20-5-3-6-21(15-20)35-2)26(18-8-10-19(29)11-9-18)24-7-4-13-32(24)27(23)36-25(22)17-31/h3-11,13,15,26H,12,14,16-17H2,1-2H3,(H,30,34)/t26-/m0/s1. The summed E-state index contributed by atoms with van der Waals surface area (Å²) in [6, 6.07) is 17.3. The number of fused-ring (bicyclic) bond motifs is 5. The van der Waals surface area contributed by atoms with E-state index >= 15 is 0 Å². The summed E-state index contributed by atoms with van der Waals surface area (Å²) in [6.45, 7) is 2.37. The maximum absolute atomic E-state index is 13.9. The Morgan fingerprint density at radius 1 is 1.08 bits per heavy atom. The van der Waals surface area contributed by atoms with Crippen LogP contribution < -0.4 is 10.1 Å². The van der Waals surface area contributed by atoms with Gasteiger partial charge in [0.2, 0.25) is 0 Å². The maximum Gasteiger partial charge on any atom is 0.322 e. The monoisotopic (exact) mass is 502 g/mol. The minimum absolute atomic E-state index is 0.217. The van der Waals surface area contributed by atoms with Crippen molar-refractivity contribution in [2.24, 2.45) is 0 Å². The van der Waals surface area contributed by atoms with Gasteiger partial charge in [-0.1, -0.05) is 18.2 Å². The van der Waals surface area contributed by atoms with Crippen LogP contribution in [0.2, 0.25) is 0 Å². The molecule has 0 bridgehead atoms. The summed E-state index contributed by atoms with van der Waals surface area (Å²) >= 11 is 1.81. The molecule has 0 saturated heterocycles. The van der Waals surface area contributed by atoms with Gasteiger partial charge in [0.05, 0.1) is 25.4 Å². The van der Waals surface area contributed by atoms with Crippen molar-refractivity contribution in [3.05, 3.63) is 99.9 Å². The number of benzene rings is 2. The zero-order valence-electron chi connectivity index (χ0n) is 20.2. The van der Waals surface area contributed by atoms with Crippen LogP contribution in [0.3, 0.4) is 0 Å². The third-order valence-corrected chi connectivity index (χ3v) is 8.28.